The first-order valence-electron chi connectivity index (χ1n) is 7.58. The highest BCUT2D eigenvalue weighted by atomic mass is 16.6. The fraction of sp³-hybridized carbons (Fsp3) is 0.562. The summed E-state index contributed by atoms with van der Waals surface area (Å²) in [6.45, 7) is 3.58. The summed E-state index contributed by atoms with van der Waals surface area (Å²) in [6.07, 6.45) is 2.75. The number of fused-ring (bicyclic) bond motifs is 1. The Kier molecular flexibility index (Phi) is 4.72. The summed E-state index contributed by atoms with van der Waals surface area (Å²) in [5, 5.41) is 3.30. The van der Waals surface area contributed by atoms with Gasteiger partial charge in [-0.25, -0.2) is 0 Å². The number of hydrogen-bond donors (Lipinski definition) is 1. The van der Waals surface area contributed by atoms with Gasteiger partial charge in [0, 0.05) is 12.0 Å². The molecule has 2 aliphatic heterocycles. The third-order valence-corrected chi connectivity index (χ3v) is 3.83. The zero-order valence-corrected chi connectivity index (χ0v) is 12.1. The summed E-state index contributed by atoms with van der Waals surface area (Å²) in [6, 6.07) is 5.36. The molecule has 0 saturated carbocycles. The lowest BCUT2D eigenvalue weighted by Crippen LogP contribution is -2.32. The lowest BCUT2D eigenvalue weighted by atomic mass is 10.1. The zero-order chi connectivity index (χ0) is 14.5. The fourth-order valence-electron chi connectivity index (χ4n) is 2.64. The molecule has 0 aromatic heterocycles. The largest absolute Gasteiger partial charge is 0.486 e. The van der Waals surface area contributed by atoms with Crippen LogP contribution in [0.1, 0.15) is 29.6 Å². The van der Waals surface area contributed by atoms with Crippen LogP contribution in [0.4, 0.5) is 0 Å². The van der Waals surface area contributed by atoms with Gasteiger partial charge in [-0.15, -0.1) is 0 Å². The number of ether oxygens (including phenoxy) is 3. The summed E-state index contributed by atoms with van der Waals surface area (Å²) in [4.78, 5) is 12.2. The number of piperidine rings is 1. The predicted molar refractivity (Wildman–Crippen MR) is 78.2 cm³/mol. The first-order chi connectivity index (χ1) is 10.3. The maximum atomic E-state index is 12.2. The molecule has 1 N–H and O–H groups in total. The molecular weight excluding hydrogens is 270 g/mol. The van der Waals surface area contributed by atoms with E-state index in [-0.39, 0.29) is 5.78 Å². The Morgan fingerprint density at radius 2 is 1.95 bits per heavy atom. The van der Waals surface area contributed by atoms with Crippen LogP contribution in [0.25, 0.3) is 0 Å². The van der Waals surface area contributed by atoms with E-state index in [0.29, 0.717) is 49.4 Å². The normalized spacial score (nSPS) is 18.5. The van der Waals surface area contributed by atoms with Crippen molar-refractivity contribution < 1.29 is 19.0 Å². The van der Waals surface area contributed by atoms with Crippen LogP contribution in [0.15, 0.2) is 18.2 Å². The first-order valence-corrected chi connectivity index (χ1v) is 7.58. The lowest BCUT2D eigenvalue weighted by Gasteiger charge is -2.22. The van der Waals surface area contributed by atoms with Crippen molar-refractivity contribution in [2.24, 2.45) is 0 Å². The summed E-state index contributed by atoms with van der Waals surface area (Å²) >= 11 is 0. The smallest absolute Gasteiger partial charge is 0.165 e. The van der Waals surface area contributed by atoms with Gasteiger partial charge < -0.3 is 19.5 Å². The van der Waals surface area contributed by atoms with E-state index in [1.807, 2.05) is 0 Å². The average molecular weight is 291 g/mol. The minimum Gasteiger partial charge on any atom is -0.486 e. The van der Waals surface area contributed by atoms with E-state index in [0.717, 1.165) is 25.9 Å². The van der Waals surface area contributed by atoms with Crippen molar-refractivity contribution in [3.8, 4) is 11.5 Å². The van der Waals surface area contributed by atoms with Gasteiger partial charge in [-0.1, -0.05) is 0 Å². The molecule has 0 bridgehead atoms. The van der Waals surface area contributed by atoms with Gasteiger partial charge >= 0.3 is 0 Å². The lowest BCUT2D eigenvalue weighted by molar-refractivity contribution is 0.0313. The first kappa shape index (κ1) is 14.4. The fourth-order valence-corrected chi connectivity index (χ4v) is 2.64. The average Bonchev–Trinajstić information content (AvgIpc) is 2.55. The molecule has 21 heavy (non-hydrogen) atoms. The Morgan fingerprint density at radius 1 is 1.19 bits per heavy atom. The molecule has 2 aliphatic rings. The van der Waals surface area contributed by atoms with Crippen LogP contribution in [0, 0.1) is 0 Å². The van der Waals surface area contributed by atoms with Gasteiger partial charge in [0.25, 0.3) is 0 Å². The van der Waals surface area contributed by atoms with E-state index >= 15 is 0 Å². The molecule has 5 nitrogen and oxygen atoms in total. The van der Waals surface area contributed by atoms with Gasteiger partial charge in [0.2, 0.25) is 0 Å². The Morgan fingerprint density at radius 3 is 2.76 bits per heavy atom. The molecule has 3 rings (SSSR count). The van der Waals surface area contributed by atoms with Crippen LogP contribution in [-0.4, -0.2) is 44.8 Å². The molecule has 0 unspecified atom stereocenters. The van der Waals surface area contributed by atoms with Gasteiger partial charge in [-0.3, -0.25) is 4.79 Å². The topological polar surface area (TPSA) is 56.8 Å². The van der Waals surface area contributed by atoms with Crippen molar-refractivity contribution in [2.45, 2.75) is 25.4 Å². The predicted octanol–water partition coefficient (Wildman–Crippen LogP) is 1.80. The summed E-state index contributed by atoms with van der Waals surface area (Å²) < 4.78 is 16.7. The van der Waals surface area contributed by atoms with E-state index in [1.54, 1.807) is 18.2 Å². The molecule has 0 aliphatic carbocycles. The Hall–Kier alpha value is -1.59. The Balaban J connectivity index is 1.50. The maximum Gasteiger partial charge on any atom is 0.165 e. The van der Waals surface area contributed by atoms with Gasteiger partial charge in [-0.05, 0) is 44.1 Å². The molecule has 1 aromatic carbocycles. The van der Waals surface area contributed by atoms with Crippen molar-refractivity contribution in [2.75, 3.05) is 32.9 Å². The van der Waals surface area contributed by atoms with Crippen molar-refractivity contribution >= 4 is 5.78 Å². The number of hydrogen-bond acceptors (Lipinski definition) is 5. The van der Waals surface area contributed by atoms with Crippen LogP contribution in [-0.2, 0) is 4.74 Å². The molecule has 2 heterocycles. The van der Waals surface area contributed by atoms with E-state index < -0.39 is 0 Å². The molecule has 0 radical (unpaired) electrons. The van der Waals surface area contributed by atoms with Crippen molar-refractivity contribution in [3.63, 3.8) is 0 Å². The monoisotopic (exact) mass is 291 g/mol. The quantitative estimate of drug-likeness (QED) is 0.838. The third kappa shape index (κ3) is 3.74. The van der Waals surface area contributed by atoms with E-state index in [9.17, 15) is 4.79 Å². The standard InChI is InChI=1S/C16H21NO4/c18-14(5-8-19-13-3-6-17-7-4-13)12-1-2-15-16(11-12)21-10-9-20-15/h1-2,11,13,17H,3-10H2. The van der Waals surface area contributed by atoms with Crippen LogP contribution >= 0.6 is 0 Å². The second-order valence-electron chi connectivity index (χ2n) is 5.35. The van der Waals surface area contributed by atoms with Gasteiger partial charge in [-0.2, -0.15) is 0 Å². The third-order valence-electron chi connectivity index (χ3n) is 3.83. The summed E-state index contributed by atoms with van der Waals surface area (Å²) in [5.74, 6) is 1.45. The van der Waals surface area contributed by atoms with Crippen LogP contribution in [0.2, 0.25) is 0 Å². The van der Waals surface area contributed by atoms with Crippen molar-refractivity contribution in [1.82, 2.24) is 5.32 Å². The molecule has 5 heteroatoms. The highest BCUT2D eigenvalue weighted by Gasteiger charge is 2.16. The number of carbonyl (C=O) groups excluding carboxylic acids is 1. The molecule has 0 spiro atoms. The highest BCUT2D eigenvalue weighted by Crippen LogP contribution is 2.31. The minimum absolute atomic E-state index is 0.0842. The number of carbonyl (C=O) groups is 1. The van der Waals surface area contributed by atoms with E-state index in [1.165, 1.54) is 0 Å². The summed E-state index contributed by atoms with van der Waals surface area (Å²) in [7, 11) is 0. The van der Waals surface area contributed by atoms with Gasteiger partial charge in [0.05, 0.1) is 12.7 Å². The second-order valence-corrected chi connectivity index (χ2v) is 5.35. The highest BCUT2D eigenvalue weighted by molar-refractivity contribution is 5.96. The van der Waals surface area contributed by atoms with Crippen LogP contribution in [0.5, 0.6) is 11.5 Å². The Bertz CT molecular complexity index is 497. The van der Waals surface area contributed by atoms with Crippen LogP contribution in [0.3, 0.4) is 0 Å². The van der Waals surface area contributed by atoms with Gasteiger partial charge in [0.1, 0.15) is 13.2 Å². The number of nitrogens with one attached hydrogen (secondary N) is 1. The van der Waals surface area contributed by atoms with Crippen LogP contribution < -0.4 is 14.8 Å². The summed E-state index contributed by atoms with van der Waals surface area (Å²) in [5.41, 5.74) is 0.660. The number of Topliss-reactive ketones (excluding diaryl/α,β-unsaturated/α-hetero) is 1. The molecule has 114 valence electrons. The number of ketones is 1. The molecule has 1 aromatic rings. The SMILES string of the molecule is O=C(CCOC1CCNCC1)c1ccc2c(c1)OCCO2. The van der Waals surface area contributed by atoms with E-state index in [4.69, 9.17) is 14.2 Å². The number of rotatable bonds is 5. The second kappa shape index (κ2) is 6.91. The van der Waals surface area contributed by atoms with Crippen molar-refractivity contribution in [1.29, 1.82) is 0 Å². The van der Waals surface area contributed by atoms with E-state index in [2.05, 4.69) is 5.32 Å². The van der Waals surface area contributed by atoms with Gasteiger partial charge in [0.15, 0.2) is 17.3 Å². The minimum atomic E-state index is 0.0842. The molecular formula is C16H21NO4. The zero-order valence-electron chi connectivity index (χ0n) is 12.1. The molecule has 1 saturated heterocycles. The number of benzene rings is 1. The molecule has 0 amide bonds. The maximum absolute atomic E-state index is 12.2. The van der Waals surface area contributed by atoms with Crippen molar-refractivity contribution in [3.05, 3.63) is 23.8 Å². The molecule has 0 atom stereocenters. The Labute approximate surface area is 124 Å². The molecule has 1 fully saturated rings.